The van der Waals surface area contributed by atoms with E-state index in [0.717, 1.165) is 10.4 Å². The summed E-state index contributed by atoms with van der Waals surface area (Å²) < 4.78 is 32.6. The summed E-state index contributed by atoms with van der Waals surface area (Å²) in [7, 11) is 3.63. The number of hydrogen-bond acceptors (Lipinski definition) is 6. The first-order valence-corrected chi connectivity index (χ1v) is 8.87. The third-order valence-corrected chi connectivity index (χ3v) is 9.16. The highest BCUT2D eigenvalue weighted by Crippen LogP contribution is 2.27. The molecule has 0 rings (SSSR count). The van der Waals surface area contributed by atoms with Crippen LogP contribution in [0.5, 0.6) is 0 Å². The van der Waals surface area contributed by atoms with Gasteiger partial charge in [0.1, 0.15) is 0 Å². The minimum atomic E-state index is -2.87. The zero-order valence-corrected chi connectivity index (χ0v) is 14.4. The van der Waals surface area contributed by atoms with Crippen molar-refractivity contribution in [2.75, 3.05) is 42.7 Å². The molecule has 0 heterocycles. The summed E-state index contributed by atoms with van der Waals surface area (Å²) in [6.45, 7) is 3.77. The molecule has 0 saturated carbocycles. The van der Waals surface area contributed by atoms with Crippen LogP contribution in [0.2, 0.25) is 0 Å². The van der Waals surface area contributed by atoms with Crippen LogP contribution in [0, 0.1) is 0 Å². The molecule has 108 valence electrons. The average Bonchev–Trinajstić information content (AvgIpc) is 2.43. The van der Waals surface area contributed by atoms with Crippen LogP contribution < -0.4 is 0 Å². The molecule has 0 aromatic carbocycles. The van der Waals surface area contributed by atoms with Gasteiger partial charge in [0.25, 0.3) is 0 Å². The number of rotatable bonds is 8. The molecule has 0 fully saturated rings. The van der Waals surface area contributed by atoms with Crippen LogP contribution >= 0.6 is 0 Å². The molecule has 0 atom stereocenters. The van der Waals surface area contributed by atoms with Crippen molar-refractivity contribution in [2.24, 2.45) is 0 Å². The van der Waals surface area contributed by atoms with E-state index in [9.17, 15) is 0 Å². The van der Waals surface area contributed by atoms with Gasteiger partial charge in [-0.2, -0.15) is 0 Å². The van der Waals surface area contributed by atoms with Crippen LogP contribution in [-0.4, -0.2) is 60.3 Å². The van der Waals surface area contributed by atoms with Gasteiger partial charge in [-0.1, -0.05) is 0 Å². The lowest BCUT2D eigenvalue weighted by atomic mass is 10.6. The second-order valence-corrected chi connectivity index (χ2v) is 9.76. The maximum atomic E-state index is 5.44. The monoisotopic (exact) mass is 296 g/mol. The van der Waals surface area contributed by atoms with E-state index in [1.807, 2.05) is 13.8 Å². The first-order valence-electron chi connectivity index (χ1n) is 5.42. The van der Waals surface area contributed by atoms with Crippen LogP contribution in [0.4, 0.5) is 0 Å². The summed E-state index contributed by atoms with van der Waals surface area (Å²) in [6.07, 6.45) is 0. The number of hydrogen-bond donors (Lipinski definition) is 0. The molecule has 0 aromatic heterocycles. The van der Waals surface area contributed by atoms with Crippen molar-refractivity contribution in [3.63, 3.8) is 0 Å². The van der Waals surface area contributed by atoms with Crippen molar-refractivity contribution < 1.29 is 26.6 Å². The van der Waals surface area contributed by atoms with Gasteiger partial charge in [0.2, 0.25) is 0 Å². The van der Waals surface area contributed by atoms with Crippen LogP contribution in [0.25, 0.3) is 0 Å². The molecule has 0 unspecified atom stereocenters. The Balaban J connectivity index is 5.70. The topological polar surface area (TPSA) is 55.4 Å². The molecule has 0 radical (unpaired) electrons. The van der Waals surface area contributed by atoms with Crippen molar-refractivity contribution in [3.8, 4) is 0 Å². The van der Waals surface area contributed by atoms with E-state index in [-0.39, 0.29) is 0 Å². The summed E-state index contributed by atoms with van der Waals surface area (Å²) in [5.41, 5.74) is 0. The number of allylic oxidation sites excluding steroid dienone is 2. The Kier molecular flexibility index (Phi) is 7.48. The van der Waals surface area contributed by atoms with Crippen LogP contribution in [-0.2, 0) is 26.6 Å². The summed E-state index contributed by atoms with van der Waals surface area (Å²) >= 11 is 0. The van der Waals surface area contributed by atoms with Gasteiger partial charge in [-0.3, -0.25) is 0 Å². The van der Waals surface area contributed by atoms with E-state index in [1.54, 1.807) is 42.7 Å². The highest BCUT2D eigenvalue weighted by atomic mass is 28.4. The van der Waals surface area contributed by atoms with E-state index in [1.165, 1.54) is 0 Å². The Bertz CT molecular complexity index is 242. The van der Waals surface area contributed by atoms with E-state index in [4.69, 9.17) is 26.6 Å². The Hall–Kier alpha value is -0.0662. The SMILES string of the molecule is CO[Si](OC)(OC)C(C)=C(C)[Si](OC)(OC)OC. The minimum absolute atomic E-state index is 0.840. The van der Waals surface area contributed by atoms with Crippen LogP contribution in [0.1, 0.15) is 13.8 Å². The van der Waals surface area contributed by atoms with Gasteiger partial charge in [0.05, 0.1) is 0 Å². The van der Waals surface area contributed by atoms with Crippen molar-refractivity contribution >= 4 is 17.6 Å². The molecule has 6 nitrogen and oxygen atoms in total. The van der Waals surface area contributed by atoms with Gasteiger partial charge in [-0.15, -0.1) is 0 Å². The lowest BCUT2D eigenvalue weighted by Gasteiger charge is -2.31. The van der Waals surface area contributed by atoms with Crippen LogP contribution in [0.3, 0.4) is 0 Å². The smallest absolute Gasteiger partial charge is 0.374 e. The molecule has 0 aliphatic rings. The molecule has 0 aromatic rings. The van der Waals surface area contributed by atoms with Crippen molar-refractivity contribution in [3.05, 3.63) is 10.4 Å². The Morgan fingerprint density at radius 2 is 0.667 bits per heavy atom. The molecule has 0 saturated heterocycles. The van der Waals surface area contributed by atoms with Gasteiger partial charge in [-0.05, 0) is 24.2 Å². The molecule has 0 aliphatic carbocycles. The maximum absolute atomic E-state index is 5.44. The first-order chi connectivity index (χ1) is 8.43. The quantitative estimate of drug-likeness (QED) is 0.627. The molecular formula is C10H24O6Si2. The largest absolute Gasteiger partial charge is 0.531 e. The maximum Gasteiger partial charge on any atom is 0.531 e. The predicted molar refractivity (Wildman–Crippen MR) is 71.9 cm³/mol. The lowest BCUT2D eigenvalue weighted by Crippen LogP contribution is -2.51. The first kappa shape index (κ1) is 17.9. The Labute approximate surface area is 112 Å². The van der Waals surface area contributed by atoms with Gasteiger partial charge in [0, 0.05) is 42.7 Å². The highest BCUT2D eigenvalue weighted by molar-refractivity contribution is 6.75. The fourth-order valence-corrected chi connectivity index (χ4v) is 6.55. The molecule has 0 N–H and O–H groups in total. The average molecular weight is 296 g/mol. The van der Waals surface area contributed by atoms with E-state index in [0.29, 0.717) is 0 Å². The lowest BCUT2D eigenvalue weighted by molar-refractivity contribution is 0.126. The standard InChI is InChI=1S/C10H24O6Si2/c1-9(17(11-3,12-4)13-5)10(2)18(14-6,15-7)16-8/h1-8H3. The van der Waals surface area contributed by atoms with Crippen molar-refractivity contribution in [1.29, 1.82) is 0 Å². The van der Waals surface area contributed by atoms with Gasteiger partial charge < -0.3 is 26.6 Å². The Morgan fingerprint density at radius 3 is 0.778 bits per heavy atom. The van der Waals surface area contributed by atoms with E-state index < -0.39 is 17.6 Å². The van der Waals surface area contributed by atoms with Crippen molar-refractivity contribution in [2.45, 2.75) is 13.8 Å². The molecule has 0 bridgehead atoms. The van der Waals surface area contributed by atoms with Crippen LogP contribution in [0.15, 0.2) is 10.4 Å². The third kappa shape index (κ3) is 3.09. The molecule has 18 heavy (non-hydrogen) atoms. The summed E-state index contributed by atoms with van der Waals surface area (Å²) in [5, 5.41) is 1.68. The summed E-state index contributed by atoms with van der Waals surface area (Å²) in [6, 6.07) is 0. The highest BCUT2D eigenvalue weighted by Gasteiger charge is 2.49. The second-order valence-electron chi connectivity index (χ2n) is 3.59. The molecule has 0 spiro atoms. The molecule has 0 amide bonds. The van der Waals surface area contributed by atoms with Gasteiger partial charge in [0.15, 0.2) is 0 Å². The summed E-state index contributed by atoms with van der Waals surface area (Å²) in [5.74, 6) is 0. The fourth-order valence-electron chi connectivity index (χ4n) is 1.88. The normalized spacial score (nSPS) is 14.7. The zero-order valence-electron chi connectivity index (χ0n) is 12.4. The Morgan fingerprint density at radius 1 is 0.500 bits per heavy atom. The molecule has 0 aliphatic heterocycles. The molecular weight excluding hydrogens is 272 g/mol. The fraction of sp³-hybridized carbons (Fsp3) is 0.800. The third-order valence-electron chi connectivity index (χ3n) is 3.09. The zero-order chi connectivity index (χ0) is 14.4. The predicted octanol–water partition coefficient (Wildman–Crippen LogP) is 1.16. The van der Waals surface area contributed by atoms with Gasteiger partial charge >= 0.3 is 17.6 Å². The van der Waals surface area contributed by atoms with Gasteiger partial charge in [-0.25, -0.2) is 0 Å². The van der Waals surface area contributed by atoms with E-state index in [2.05, 4.69) is 0 Å². The minimum Gasteiger partial charge on any atom is -0.374 e. The van der Waals surface area contributed by atoms with E-state index >= 15 is 0 Å². The summed E-state index contributed by atoms with van der Waals surface area (Å²) in [4.78, 5) is 0. The second kappa shape index (κ2) is 7.51. The molecule has 8 heteroatoms. The van der Waals surface area contributed by atoms with Crippen molar-refractivity contribution in [1.82, 2.24) is 0 Å².